The van der Waals surface area contributed by atoms with E-state index < -0.39 is 29.9 Å². The fourth-order valence-corrected chi connectivity index (χ4v) is 21.7. The van der Waals surface area contributed by atoms with Crippen LogP contribution in [0, 0.1) is 23.7 Å². The van der Waals surface area contributed by atoms with E-state index in [0.717, 1.165) is 79.9 Å². The highest BCUT2D eigenvalue weighted by molar-refractivity contribution is 5.99. The topological polar surface area (TPSA) is 416 Å². The van der Waals surface area contributed by atoms with Gasteiger partial charge in [0.25, 0.3) is 0 Å². The predicted molar refractivity (Wildman–Crippen MR) is 529 cm³/mol. The third kappa shape index (κ3) is 24.3. The van der Waals surface area contributed by atoms with Crippen molar-refractivity contribution in [2.24, 2.45) is 0 Å². The molecule has 0 radical (unpaired) electrons. The Kier molecular flexibility index (Phi) is 39.8. The van der Waals surface area contributed by atoms with Gasteiger partial charge in [0, 0.05) is 127 Å². The van der Waals surface area contributed by atoms with Gasteiger partial charge in [-0.1, -0.05) is 30.3 Å². The third-order valence-electron chi connectivity index (χ3n) is 28.8. The minimum atomic E-state index is -0.869. The molecule has 8 atom stereocenters. The second kappa shape index (κ2) is 51.3. The predicted octanol–water partition coefficient (Wildman–Crippen LogP) is 8.82. The maximum atomic E-state index is 12.9. The summed E-state index contributed by atoms with van der Waals surface area (Å²) in [6.07, 6.45) is 5.57. The lowest BCUT2D eigenvalue weighted by atomic mass is 9.82. The number of carbonyl (C=O) groups excluding carboxylic acids is 4. The van der Waals surface area contributed by atoms with Crippen molar-refractivity contribution < 1.29 is 168 Å². The van der Waals surface area contributed by atoms with Gasteiger partial charge in [-0.15, -0.1) is 0 Å². The fourth-order valence-electron chi connectivity index (χ4n) is 21.7. The van der Waals surface area contributed by atoms with Crippen LogP contribution in [-0.2, 0) is 136 Å². The number of rotatable bonds is 45. The Morgan fingerprint density at radius 3 is 0.917 bits per heavy atom. The molecule has 144 heavy (non-hydrogen) atoms. The van der Waals surface area contributed by atoms with Gasteiger partial charge >= 0.3 is 23.9 Å². The quantitative estimate of drug-likeness (QED) is 0.00429. The van der Waals surface area contributed by atoms with E-state index in [1.165, 1.54) is 35.5 Å². The third-order valence-corrected chi connectivity index (χ3v) is 28.8. The second-order valence-corrected chi connectivity index (χ2v) is 36.9. The zero-order valence-corrected chi connectivity index (χ0v) is 86.0. The Morgan fingerprint density at radius 1 is 0.278 bits per heavy atom. The number of nitrogens with zero attached hydrogens (tertiary/aromatic N) is 4. The molecule has 35 heteroatoms. The highest BCUT2D eigenvalue weighted by Gasteiger charge is 2.49. The molecule has 35 nitrogen and oxygen atoms in total. The number of fused-ring (bicyclic) bond motifs is 4. The van der Waals surface area contributed by atoms with E-state index in [1.807, 2.05) is 78.9 Å². The standard InChI is InChI=1S/C55H72N2O16.C54H70N2O15/c1-56(19-15-36-28-45(66-5)54(70-9)55(71-10)48(36)42(56)24-34-23-39(31-59)51(67-6)43(25-34)64-3)17-11-21-72-46(62)13-14-47(63)73-22-12-18-57(2)20-16-35-26-38(30-58)41(33-61)53(69-8)49(35)50(57)37-27-40(32-60)52(68-7)44(29-37)65-4;1-55(19-15-35-25-40(31-59)42(33-61)52(67-6)48(35)43(55)24-34-11-12-37(29-57)39(23-34)30-58)17-9-21-70-46(62)13-14-47(63)71-22-10-18-56(2)20-16-36-27-45(65-4)53(68-7)54(69-8)49(36)50(56)38-26-41(32-60)51(66-5)44(28-38)64-3/h23,25-29,42,50,58-61H,11-12,15-22,24,30-33H2,1-10H3;11-12,23,25-28,43,50,57-61H,9-10,15-22,24,29-33H2,1-8H3/q2*+2. The SMILES string of the molecule is COc1cc(C2c3c(cc(OC)c(OC)c3OC)CC[N+]2(C)CCCOC(=O)C#CC(=O)OCCC[N+]2(C)CCc3cc(CO)c(CO)c(OC)c3C2Cc2ccc(CO)c(CO)c2)cc(CO)c1OC.COc1cc(CC2c3c(cc(OC)c(OC)c3OC)CC[N+]2(C)CCCOC(=O)C#CC(=O)OCCC[N+]2(C)CCc3cc(CO)c(CO)c(OC)c3C2c2cc(CO)c(OC)c(OC)c2)cc(CO)c1OC. The van der Waals surface area contributed by atoms with Crippen LogP contribution in [0.25, 0.3) is 0 Å². The van der Waals surface area contributed by atoms with Crippen LogP contribution >= 0.6 is 0 Å². The molecule has 0 amide bonds. The average Bonchev–Trinajstić information content (AvgIpc) is 0.728. The van der Waals surface area contributed by atoms with E-state index in [4.69, 9.17) is 85.3 Å². The van der Waals surface area contributed by atoms with E-state index in [9.17, 15) is 65.1 Å². The van der Waals surface area contributed by atoms with Crippen LogP contribution in [0.1, 0.15) is 167 Å². The van der Waals surface area contributed by atoms with Gasteiger partial charge in [-0.05, 0) is 104 Å². The van der Waals surface area contributed by atoms with E-state index in [2.05, 4.69) is 51.9 Å². The van der Waals surface area contributed by atoms with E-state index >= 15 is 0 Å². The Labute approximate surface area is 842 Å². The second-order valence-electron chi connectivity index (χ2n) is 36.9. The van der Waals surface area contributed by atoms with Crippen LogP contribution < -0.4 is 66.3 Å². The normalized spacial score (nSPS) is 18.9. The number of hydrogen-bond acceptors (Lipinski definition) is 31. The van der Waals surface area contributed by atoms with Crippen LogP contribution in [0.15, 0.2) is 78.9 Å². The lowest BCUT2D eigenvalue weighted by Crippen LogP contribution is -2.53. The molecule has 780 valence electrons. The Morgan fingerprint density at radius 2 is 0.562 bits per heavy atom. The number of esters is 4. The monoisotopic (exact) mass is 2000 g/mol. The van der Waals surface area contributed by atoms with Gasteiger partial charge in [0.1, 0.15) is 35.7 Å². The molecule has 0 spiro atoms. The summed E-state index contributed by atoms with van der Waals surface area (Å²) >= 11 is 0. The highest BCUT2D eigenvalue weighted by Crippen LogP contribution is 2.56. The van der Waals surface area contributed by atoms with E-state index in [-0.39, 0.29) is 104 Å². The zero-order valence-electron chi connectivity index (χ0n) is 86.0. The lowest BCUT2D eigenvalue weighted by molar-refractivity contribution is -0.941. The largest absolute Gasteiger partial charge is 0.496 e. The number of likely N-dealkylation sites (N-methyl/N-ethyl adjacent to an activating group) is 4. The first-order valence-corrected chi connectivity index (χ1v) is 47.9. The number of benzene rings is 8. The van der Waals surface area contributed by atoms with Crippen LogP contribution in [0.2, 0.25) is 0 Å². The van der Waals surface area contributed by atoms with Crippen LogP contribution in [-0.4, -0.2) is 294 Å². The summed E-state index contributed by atoms with van der Waals surface area (Å²) < 4.78 is 105. The van der Waals surface area contributed by atoms with Crippen molar-refractivity contribution in [1.82, 2.24) is 0 Å². The molecule has 9 N–H and O–H groups in total. The number of aliphatic hydroxyl groups is 9. The molecule has 8 aromatic rings. The first kappa shape index (κ1) is 112. The van der Waals surface area contributed by atoms with Crippen molar-refractivity contribution in [3.63, 3.8) is 0 Å². The smallest absolute Gasteiger partial charge is 0.384 e. The number of aliphatic hydroxyl groups excluding tert-OH is 9. The van der Waals surface area contributed by atoms with Gasteiger partial charge in [0.05, 0.1) is 288 Å². The van der Waals surface area contributed by atoms with Crippen molar-refractivity contribution in [3.8, 4) is 104 Å². The zero-order chi connectivity index (χ0) is 104. The first-order chi connectivity index (χ1) is 69.4. The molecule has 12 rings (SSSR count). The Balaban J connectivity index is 0.000000275. The molecular weight excluding hydrogens is 1860 g/mol. The molecule has 0 saturated carbocycles. The van der Waals surface area contributed by atoms with Crippen LogP contribution in [0.3, 0.4) is 0 Å². The Bertz CT molecular complexity index is 5920. The summed E-state index contributed by atoms with van der Waals surface area (Å²) in [4.78, 5) is 51.5. The molecule has 0 bridgehead atoms. The number of ether oxygens (including phenoxy) is 18. The lowest BCUT2D eigenvalue weighted by Gasteiger charge is -2.47. The maximum Gasteiger partial charge on any atom is 0.384 e. The minimum absolute atomic E-state index is 0.0150. The van der Waals surface area contributed by atoms with Gasteiger partial charge in [-0.3, -0.25) is 0 Å². The van der Waals surface area contributed by atoms with Crippen molar-refractivity contribution in [1.29, 1.82) is 0 Å². The molecule has 4 aliphatic heterocycles. The summed E-state index contributed by atoms with van der Waals surface area (Å²) in [6, 6.07) is 23.7. The van der Waals surface area contributed by atoms with Gasteiger partial charge in [0.15, 0.2) is 57.5 Å². The molecule has 0 saturated heterocycles. The van der Waals surface area contributed by atoms with Crippen LogP contribution in [0.5, 0.6) is 80.5 Å². The van der Waals surface area contributed by atoms with Gasteiger partial charge in [-0.2, -0.15) is 0 Å². The number of hydrogen-bond donors (Lipinski definition) is 9. The molecular formula is C109H142N4O31+4. The van der Waals surface area contributed by atoms with Crippen molar-refractivity contribution >= 4 is 23.9 Å². The summed E-state index contributed by atoms with van der Waals surface area (Å²) in [7, 11) is 30.3. The summed E-state index contributed by atoms with van der Waals surface area (Å²) in [5.74, 6) is 12.5. The van der Waals surface area contributed by atoms with Crippen LogP contribution in [0.4, 0.5) is 0 Å². The molecule has 0 aromatic heterocycles. The van der Waals surface area contributed by atoms with E-state index in [1.54, 1.807) is 64.0 Å². The molecule has 8 unspecified atom stereocenters. The maximum absolute atomic E-state index is 12.9. The average molecular weight is 2000 g/mol. The summed E-state index contributed by atoms with van der Waals surface area (Å²) in [5, 5.41) is 92.3. The molecule has 0 aliphatic carbocycles. The van der Waals surface area contributed by atoms with Gasteiger partial charge in [0.2, 0.25) is 11.5 Å². The molecule has 4 heterocycles. The first-order valence-electron chi connectivity index (χ1n) is 47.9. The van der Waals surface area contributed by atoms with Crippen molar-refractivity contribution in [2.75, 3.05) is 207 Å². The Hall–Kier alpha value is -12.6. The van der Waals surface area contributed by atoms with E-state index in [0.29, 0.717) is 252 Å². The summed E-state index contributed by atoms with van der Waals surface area (Å²) in [5.41, 5.74) is 16.3. The molecule has 8 aromatic carbocycles. The fraction of sp³-hybridized carbons (Fsp3) is 0.486. The van der Waals surface area contributed by atoms with Gasteiger partial charge < -0.3 is 149 Å². The van der Waals surface area contributed by atoms with Crippen molar-refractivity contribution in [2.45, 2.75) is 148 Å². The highest BCUT2D eigenvalue weighted by atomic mass is 16.6. The molecule has 4 aliphatic rings. The molecule has 0 fully saturated rings. The van der Waals surface area contributed by atoms with Crippen molar-refractivity contribution in [3.05, 3.63) is 196 Å². The number of quaternary nitrogens is 4. The number of methoxy groups -OCH3 is 14. The minimum Gasteiger partial charge on any atom is -0.496 e. The summed E-state index contributed by atoms with van der Waals surface area (Å²) in [6.45, 7) is 2.75. The number of carbonyl (C=O) groups is 4. The van der Waals surface area contributed by atoms with Gasteiger partial charge in [-0.25, -0.2) is 19.2 Å².